The summed E-state index contributed by atoms with van der Waals surface area (Å²) in [5.74, 6) is 0.235. The van der Waals surface area contributed by atoms with Crippen molar-refractivity contribution in [3.05, 3.63) is 59.1 Å². The van der Waals surface area contributed by atoms with Gasteiger partial charge in [0.1, 0.15) is 5.75 Å². The van der Waals surface area contributed by atoms with Crippen LogP contribution in [0.25, 0.3) is 0 Å². The maximum atomic E-state index is 12.9. The highest BCUT2D eigenvalue weighted by Gasteiger charge is 2.33. The first-order valence-electron chi connectivity index (χ1n) is 9.51. The first kappa shape index (κ1) is 21.6. The van der Waals surface area contributed by atoms with Crippen molar-refractivity contribution in [1.82, 2.24) is 9.62 Å². The number of halogens is 1. The van der Waals surface area contributed by atoms with Gasteiger partial charge >= 0.3 is 0 Å². The molecule has 1 heterocycles. The minimum absolute atomic E-state index is 0.135. The monoisotopic (exact) mass is 436 g/mol. The van der Waals surface area contributed by atoms with E-state index in [1.54, 1.807) is 19.2 Å². The van der Waals surface area contributed by atoms with Crippen molar-refractivity contribution in [3.63, 3.8) is 0 Å². The summed E-state index contributed by atoms with van der Waals surface area (Å²) in [5, 5.41) is 3.48. The summed E-state index contributed by atoms with van der Waals surface area (Å²) in [6.45, 7) is 2.49. The van der Waals surface area contributed by atoms with Crippen molar-refractivity contribution < 1.29 is 17.9 Å². The number of rotatable bonds is 6. The van der Waals surface area contributed by atoms with E-state index in [2.05, 4.69) is 5.32 Å². The molecule has 0 unspecified atom stereocenters. The number of amides is 1. The van der Waals surface area contributed by atoms with E-state index in [4.69, 9.17) is 16.3 Å². The van der Waals surface area contributed by atoms with Gasteiger partial charge in [0.05, 0.1) is 24.0 Å². The minimum atomic E-state index is -3.65. The van der Waals surface area contributed by atoms with Crippen LogP contribution in [0, 0.1) is 5.92 Å². The summed E-state index contributed by atoms with van der Waals surface area (Å²) >= 11 is 5.86. The van der Waals surface area contributed by atoms with Gasteiger partial charge in [-0.25, -0.2) is 8.42 Å². The molecule has 1 amide bonds. The second-order valence-electron chi connectivity index (χ2n) is 7.16. The molecule has 0 aromatic heterocycles. The molecule has 1 aliphatic heterocycles. The number of hydrogen-bond donors (Lipinski definition) is 1. The minimum Gasteiger partial charge on any atom is -0.497 e. The molecule has 6 nitrogen and oxygen atoms in total. The zero-order valence-corrected chi connectivity index (χ0v) is 18.0. The zero-order valence-electron chi connectivity index (χ0n) is 16.5. The van der Waals surface area contributed by atoms with E-state index < -0.39 is 10.0 Å². The van der Waals surface area contributed by atoms with Crippen LogP contribution in [0.4, 0.5) is 0 Å². The molecule has 1 aliphatic rings. The quantitative estimate of drug-likeness (QED) is 0.750. The van der Waals surface area contributed by atoms with Gasteiger partial charge in [0.25, 0.3) is 0 Å². The van der Waals surface area contributed by atoms with Gasteiger partial charge in [-0.3, -0.25) is 4.79 Å². The first-order chi connectivity index (χ1) is 13.8. The molecule has 0 radical (unpaired) electrons. The number of nitrogens with zero attached hydrogens (tertiary/aromatic N) is 1. The van der Waals surface area contributed by atoms with E-state index >= 15 is 0 Å². The standard InChI is InChI=1S/C21H25ClN2O4S/c1-15(16-5-9-19(28-2)10-6-16)23-21(25)17-4-3-13-24(14-17)29(26,27)20-11-7-18(22)8-12-20/h5-12,15,17H,3-4,13-14H2,1-2H3,(H,23,25)/t15-,17+/m0/s1. The fraction of sp³-hybridized carbons (Fsp3) is 0.381. The van der Waals surface area contributed by atoms with E-state index in [1.165, 1.54) is 16.4 Å². The highest BCUT2D eigenvalue weighted by atomic mass is 35.5. The lowest BCUT2D eigenvalue weighted by Gasteiger charge is -2.32. The molecule has 2 aromatic carbocycles. The molecule has 0 spiro atoms. The summed E-state index contributed by atoms with van der Waals surface area (Å²) in [5.41, 5.74) is 0.959. The van der Waals surface area contributed by atoms with Crippen LogP contribution in [0.3, 0.4) is 0 Å². The average molecular weight is 437 g/mol. The molecule has 8 heteroatoms. The van der Waals surface area contributed by atoms with Crippen molar-refractivity contribution in [2.45, 2.75) is 30.7 Å². The van der Waals surface area contributed by atoms with Crippen LogP contribution in [-0.2, 0) is 14.8 Å². The summed E-state index contributed by atoms with van der Waals surface area (Å²) in [7, 11) is -2.05. The van der Waals surface area contributed by atoms with Gasteiger partial charge in [-0.1, -0.05) is 23.7 Å². The number of sulfonamides is 1. The Bertz CT molecular complexity index is 946. The summed E-state index contributed by atoms with van der Waals surface area (Å²) in [6.07, 6.45) is 1.30. The van der Waals surface area contributed by atoms with Gasteiger partial charge in [0.2, 0.25) is 15.9 Å². The molecule has 2 aromatic rings. The molecule has 29 heavy (non-hydrogen) atoms. The van der Waals surface area contributed by atoms with Crippen LogP contribution in [0.5, 0.6) is 5.75 Å². The summed E-state index contributed by atoms with van der Waals surface area (Å²) in [6, 6.07) is 13.4. The normalized spacial score (nSPS) is 18.8. The maximum Gasteiger partial charge on any atom is 0.243 e. The fourth-order valence-corrected chi connectivity index (χ4v) is 5.09. The number of piperidine rings is 1. The van der Waals surface area contributed by atoms with Crippen LogP contribution in [0.2, 0.25) is 5.02 Å². The fourth-order valence-electron chi connectivity index (χ4n) is 3.44. The molecular formula is C21H25ClN2O4S. The summed E-state index contributed by atoms with van der Waals surface area (Å²) in [4.78, 5) is 13.0. The van der Waals surface area contributed by atoms with E-state index in [-0.39, 0.29) is 29.3 Å². The number of nitrogens with one attached hydrogen (secondary N) is 1. The average Bonchev–Trinajstić information content (AvgIpc) is 2.74. The predicted octanol–water partition coefficient (Wildman–Crippen LogP) is 3.63. The SMILES string of the molecule is COc1ccc([C@H](C)NC(=O)[C@@H]2CCCN(S(=O)(=O)c3ccc(Cl)cc3)C2)cc1. The van der Waals surface area contributed by atoms with Gasteiger partial charge < -0.3 is 10.1 Å². The van der Waals surface area contributed by atoms with Crippen molar-refractivity contribution in [1.29, 1.82) is 0 Å². The number of methoxy groups -OCH3 is 1. The lowest BCUT2D eigenvalue weighted by atomic mass is 9.98. The number of hydrogen-bond acceptors (Lipinski definition) is 4. The highest BCUT2D eigenvalue weighted by Crippen LogP contribution is 2.26. The van der Waals surface area contributed by atoms with Gasteiger partial charge in [-0.2, -0.15) is 4.31 Å². The topological polar surface area (TPSA) is 75.7 Å². The van der Waals surface area contributed by atoms with Crippen LogP contribution < -0.4 is 10.1 Å². The Labute approximate surface area is 176 Å². The molecule has 0 saturated carbocycles. The lowest BCUT2D eigenvalue weighted by Crippen LogP contribution is -2.45. The van der Waals surface area contributed by atoms with E-state index in [0.717, 1.165) is 11.3 Å². The lowest BCUT2D eigenvalue weighted by molar-refractivity contribution is -0.126. The third kappa shape index (κ3) is 5.10. The van der Waals surface area contributed by atoms with Crippen molar-refractivity contribution >= 4 is 27.5 Å². The zero-order chi connectivity index (χ0) is 21.0. The van der Waals surface area contributed by atoms with Crippen molar-refractivity contribution in [2.75, 3.05) is 20.2 Å². The Kier molecular flexibility index (Phi) is 6.82. The van der Waals surface area contributed by atoms with E-state index in [9.17, 15) is 13.2 Å². The van der Waals surface area contributed by atoms with Gasteiger partial charge in [0.15, 0.2) is 0 Å². The molecule has 2 atom stereocenters. The largest absolute Gasteiger partial charge is 0.497 e. The highest BCUT2D eigenvalue weighted by molar-refractivity contribution is 7.89. The Hall–Kier alpha value is -2.09. The Morgan fingerprint density at radius 3 is 2.45 bits per heavy atom. The smallest absolute Gasteiger partial charge is 0.243 e. The van der Waals surface area contributed by atoms with E-state index in [1.807, 2.05) is 31.2 Å². The van der Waals surface area contributed by atoms with Crippen LogP contribution in [0.1, 0.15) is 31.4 Å². The van der Waals surface area contributed by atoms with Crippen molar-refractivity contribution in [3.8, 4) is 5.75 Å². The number of carbonyl (C=O) groups excluding carboxylic acids is 1. The number of ether oxygens (including phenoxy) is 1. The molecule has 1 N–H and O–H groups in total. The molecule has 1 saturated heterocycles. The molecule has 0 bridgehead atoms. The van der Waals surface area contributed by atoms with Gasteiger partial charge in [0, 0.05) is 18.1 Å². The molecular weight excluding hydrogens is 412 g/mol. The number of carbonyl (C=O) groups is 1. The molecule has 0 aliphatic carbocycles. The van der Waals surface area contributed by atoms with Gasteiger partial charge in [-0.05, 0) is 61.7 Å². The Morgan fingerprint density at radius 1 is 1.17 bits per heavy atom. The second-order valence-corrected chi connectivity index (χ2v) is 9.53. The predicted molar refractivity (Wildman–Crippen MR) is 112 cm³/mol. The molecule has 156 valence electrons. The molecule has 3 rings (SSSR count). The second kappa shape index (κ2) is 9.15. The third-order valence-corrected chi connectivity index (χ3v) is 7.31. The Morgan fingerprint density at radius 2 is 1.83 bits per heavy atom. The Balaban J connectivity index is 1.66. The van der Waals surface area contributed by atoms with Crippen LogP contribution in [-0.4, -0.2) is 38.8 Å². The maximum absolute atomic E-state index is 12.9. The van der Waals surface area contributed by atoms with Gasteiger partial charge in [-0.15, -0.1) is 0 Å². The first-order valence-corrected chi connectivity index (χ1v) is 11.3. The number of benzene rings is 2. The molecule has 1 fully saturated rings. The third-order valence-electron chi connectivity index (χ3n) is 5.18. The van der Waals surface area contributed by atoms with Crippen molar-refractivity contribution in [2.24, 2.45) is 5.92 Å². The van der Waals surface area contributed by atoms with Crippen LogP contribution in [0.15, 0.2) is 53.4 Å². The summed E-state index contributed by atoms with van der Waals surface area (Å²) < 4.78 is 32.4. The van der Waals surface area contributed by atoms with E-state index in [0.29, 0.717) is 24.4 Å². The van der Waals surface area contributed by atoms with Crippen LogP contribution >= 0.6 is 11.6 Å².